The van der Waals surface area contributed by atoms with E-state index in [9.17, 15) is 4.79 Å². The van der Waals surface area contributed by atoms with Crippen molar-refractivity contribution in [3.05, 3.63) is 71.9 Å². The Morgan fingerprint density at radius 2 is 1.97 bits per heavy atom. The third kappa shape index (κ3) is 4.57. The van der Waals surface area contributed by atoms with Crippen LogP contribution >= 0.6 is 0 Å². The van der Waals surface area contributed by atoms with Crippen LogP contribution in [0.1, 0.15) is 15.9 Å². The summed E-state index contributed by atoms with van der Waals surface area (Å²) in [5, 5.41) is 2.98. The molecule has 33 heavy (non-hydrogen) atoms. The van der Waals surface area contributed by atoms with Crippen LogP contribution in [-0.2, 0) is 11.3 Å². The minimum Gasteiger partial charge on any atom is -0.496 e. The average molecular weight is 444 g/mol. The maximum atomic E-state index is 13.1. The van der Waals surface area contributed by atoms with Crippen LogP contribution in [0.5, 0.6) is 5.75 Å². The zero-order valence-corrected chi connectivity index (χ0v) is 18.3. The van der Waals surface area contributed by atoms with Crippen molar-refractivity contribution in [2.75, 3.05) is 38.7 Å². The number of aromatic nitrogens is 2. The molecule has 5 rings (SSSR count). The van der Waals surface area contributed by atoms with Crippen LogP contribution in [0.4, 0.5) is 5.69 Å². The van der Waals surface area contributed by atoms with Crippen molar-refractivity contribution >= 4 is 22.8 Å². The van der Waals surface area contributed by atoms with Gasteiger partial charge in [0.05, 0.1) is 31.6 Å². The summed E-state index contributed by atoms with van der Waals surface area (Å²) in [6, 6.07) is 16.5. The molecule has 0 bridgehead atoms. The second-order valence-corrected chi connectivity index (χ2v) is 7.76. The van der Waals surface area contributed by atoms with Crippen molar-refractivity contribution in [2.45, 2.75) is 6.54 Å². The minimum atomic E-state index is -0.243. The number of pyridine rings is 1. The number of para-hydroxylation sites is 1. The summed E-state index contributed by atoms with van der Waals surface area (Å²) in [7, 11) is 1.62. The first-order valence-electron chi connectivity index (χ1n) is 10.8. The van der Waals surface area contributed by atoms with Gasteiger partial charge in [-0.2, -0.15) is 4.98 Å². The first-order valence-corrected chi connectivity index (χ1v) is 10.8. The second kappa shape index (κ2) is 9.40. The van der Waals surface area contributed by atoms with Crippen molar-refractivity contribution in [3.8, 4) is 17.2 Å². The highest BCUT2D eigenvalue weighted by Gasteiger charge is 2.18. The van der Waals surface area contributed by atoms with Gasteiger partial charge in [0.15, 0.2) is 11.2 Å². The molecule has 0 spiro atoms. The van der Waals surface area contributed by atoms with Crippen LogP contribution in [0, 0.1) is 0 Å². The van der Waals surface area contributed by atoms with Gasteiger partial charge in [-0.15, -0.1) is 0 Å². The number of amides is 1. The van der Waals surface area contributed by atoms with Crippen molar-refractivity contribution in [2.24, 2.45) is 0 Å². The van der Waals surface area contributed by atoms with E-state index in [1.807, 2.05) is 42.5 Å². The first-order chi connectivity index (χ1) is 16.2. The fourth-order valence-electron chi connectivity index (χ4n) is 3.87. The Labute approximate surface area is 191 Å². The van der Waals surface area contributed by atoms with Gasteiger partial charge in [0, 0.05) is 37.0 Å². The quantitative estimate of drug-likeness (QED) is 0.481. The lowest BCUT2D eigenvalue weighted by Crippen LogP contribution is -2.35. The van der Waals surface area contributed by atoms with E-state index in [-0.39, 0.29) is 5.91 Å². The number of methoxy groups -OCH3 is 1. The number of fused-ring (bicyclic) bond motifs is 1. The van der Waals surface area contributed by atoms with Gasteiger partial charge < -0.3 is 19.2 Å². The first kappa shape index (κ1) is 21.1. The number of hydrogen-bond acceptors (Lipinski definition) is 7. The molecule has 8 nitrogen and oxygen atoms in total. The van der Waals surface area contributed by atoms with Gasteiger partial charge in [0.25, 0.3) is 5.91 Å². The van der Waals surface area contributed by atoms with Crippen LogP contribution in [0.3, 0.4) is 0 Å². The zero-order valence-electron chi connectivity index (χ0n) is 18.3. The molecule has 0 radical (unpaired) electrons. The summed E-state index contributed by atoms with van der Waals surface area (Å²) in [5.74, 6) is 0.846. The minimum absolute atomic E-state index is 0.243. The smallest absolute Gasteiger partial charge is 0.255 e. The molecule has 1 aliphatic rings. The summed E-state index contributed by atoms with van der Waals surface area (Å²) in [6.45, 7) is 3.99. The van der Waals surface area contributed by atoms with E-state index in [2.05, 4.69) is 20.2 Å². The number of benzene rings is 2. The standard InChI is InChI=1S/C25H24N4O4/c1-31-22-15-17(8-9-18(22)16-29-11-13-32-14-12-29)24(30)27-20-6-3-2-5-19(20)25-28-23-21(33-25)7-4-10-26-23/h2-10,15H,11-14,16H2,1H3,(H,27,30). The van der Waals surface area contributed by atoms with E-state index >= 15 is 0 Å². The van der Waals surface area contributed by atoms with Gasteiger partial charge in [0.1, 0.15) is 5.75 Å². The molecule has 0 aliphatic carbocycles. The number of morpholine rings is 1. The number of oxazole rings is 1. The molecule has 0 unspecified atom stereocenters. The van der Waals surface area contributed by atoms with Crippen LogP contribution < -0.4 is 10.1 Å². The Hall–Kier alpha value is -3.75. The molecule has 4 aromatic rings. The molecular formula is C25H24N4O4. The average Bonchev–Trinajstić information content (AvgIpc) is 3.29. The van der Waals surface area contributed by atoms with Gasteiger partial charge in [-0.1, -0.05) is 18.2 Å². The van der Waals surface area contributed by atoms with Crippen LogP contribution in [0.15, 0.2) is 65.2 Å². The number of nitrogens with zero attached hydrogens (tertiary/aromatic N) is 3. The monoisotopic (exact) mass is 444 g/mol. The maximum absolute atomic E-state index is 13.1. The van der Waals surface area contributed by atoms with Gasteiger partial charge in [0.2, 0.25) is 5.89 Å². The van der Waals surface area contributed by atoms with Crippen molar-refractivity contribution in [1.82, 2.24) is 14.9 Å². The predicted octanol–water partition coefficient (Wildman–Crippen LogP) is 3.98. The number of nitrogens with one attached hydrogen (secondary N) is 1. The molecular weight excluding hydrogens is 420 g/mol. The Bertz CT molecular complexity index is 1250. The number of carbonyl (C=O) groups excluding carboxylic acids is 1. The predicted molar refractivity (Wildman–Crippen MR) is 124 cm³/mol. The van der Waals surface area contributed by atoms with Crippen molar-refractivity contribution < 1.29 is 18.7 Å². The molecule has 1 saturated heterocycles. The topological polar surface area (TPSA) is 89.7 Å². The van der Waals surface area contributed by atoms with E-state index in [1.165, 1.54) is 0 Å². The molecule has 2 aromatic carbocycles. The molecule has 1 N–H and O–H groups in total. The highest BCUT2D eigenvalue weighted by Crippen LogP contribution is 2.30. The molecule has 0 atom stereocenters. The van der Waals surface area contributed by atoms with E-state index in [0.29, 0.717) is 39.7 Å². The lowest BCUT2D eigenvalue weighted by molar-refractivity contribution is 0.0339. The molecule has 1 aliphatic heterocycles. The van der Waals surface area contributed by atoms with Crippen LogP contribution in [-0.4, -0.2) is 54.2 Å². The maximum Gasteiger partial charge on any atom is 0.255 e. The van der Waals surface area contributed by atoms with E-state index < -0.39 is 0 Å². The summed E-state index contributed by atoms with van der Waals surface area (Å²) in [4.78, 5) is 24.1. The van der Waals surface area contributed by atoms with Crippen molar-refractivity contribution in [1.29, 1.82) is 0 Å². The van der Waals surface area contributed by atoms with Crippen LogP contribution in [0.25, 0.3) is 22.7 Å². The van der Waals surface area contributed by atoms with E-state index in [0.717, 1.165) is 38.4 Å². The van der Waals surface area contributed by atoms with E-state index in [4.69, 9.17) is 13.9 Å². The molecule has 168 valence electrons. The lowest BCUT2D eigenvalue weighted by Gasteiger charge is -2.27. The number of ether oxygens (including phenoxy) is 2. The highest BCUT2D eigenvalue weighted by molar-refractivity contribution is 6.06. The van der Waals surface area contributed by atoms with Gasteiger partial charge in [-0.3, -0.25) is 9.69 Å². The fourth-order valence-corrected chi connectivity index (χ4v) is 3.87. The van der Waals surface area contributed by atoms with Gasteiger partial charge >= 0.3 is 0 Å². The normalized spacial score (nSPS) is 14.3. The van der Waals surface area contributed by atoms with Gasteiger partial charge in [-0.05, 0) is 36.4 Å². The third-order valence-electron chi connectivity index (χ3n) is 5.62. The third-order valence-corrected chi connectivity index (χ3v) is 5.62. The fraction of sp³-hybridized carbons (Fsp3) is 0.240. The Kier molecular flexibility index (Phi) is 6.01. The molecule has 2 aromatic heterocycles. The zero-order chi connectivity index (χ0) is 22.6. The van der Waals surface area contributed by atoms with Gasteiger partial charge in [-0.25, -0.2) is 4.98 Å². The summed E-state index contributed by atoms with van der Waals surface area (Å²) >= 11 is 0. The molecule has 1 amide bonds. The Morgan fingerprint density at radius 3 is 2.79 bits per heavy atom. The summed E-state index contributed by atoms with van der Waals surface area (Å²) < 4.78 is 16.9. The lowest BCUT2D eigenvalue weighted by atomic mass is 10.1. The highest BCUT2D eigenvalue weighted by atomic mass is 16.5. The largest absolute Gasteiger partial charge is 0.496 e. The number of rotatable bonds is 6. The summed E-state index contributed by atoms with van der Waals surface area (Å²) in [5.41, 5.74) is 3.94. The Balaban J connectivity index is 1.37. The second-order valence-electron chi connectivity index (χ2n) is 7.76. The SMILES string of the molecule is COc1cc(C(=O)Nc2ccccc2-c2nc3ncccc3o2)ccc1CN1CCOCC1. The molecule has 0 saturated carbocycles. The molecule has 8 heteroatoms. The number of carbonyl (C=O) groups is 1. The van der Waals surface area contributed by atoms with Crippen LogP contribution in [0.2, 0.25) is 0 Å². The number of hydrogen-bond donors (Lipinski definition) is 1. The van der Waals surface area contributed by atoms with Crippen molar-refractivity contribution in [3.63, 3.8) is 0 Å². The molecule has 3 heterocycles. The molecule has 1 fully saturated rings. The summed E-state index contributed by atoms with van der Waals surface area (Å²) in [6.07, 6.45) is 1.67. The Morgan fingerprint density at radius 1 is 1.12 bits per heavy atom. The van der Waals surface area contributed by atoms with E-state index in [1.54, 1.807) is 25.4 Å². The number of anilines is 1.